The summed E-state index contributed by atoms with van der Waals surface area (Å²) in [5.41, 5.74) is 0.418. The average Bonchev–Trinajstić information content (AvgIpc) is 2.51. The highest BCUT2D eigenvalue weighted by Gasteiger charge is 2.48. The molecular weight excluding hydrogens is 200 g/mol. The summed E-state index contributed by atoms with van der Waals surface area (Å²) in [6, 6.07) is 0. The second kappa shape index (κ2) is 4.38. The van der Waals surface area contributed by atoms with E-state index in [0.29, 0.717) is 11.3 Å². The lowest BCUT2D eigenvalue weighted by Crippen LogP contribution is -2.34. The Morgan fingerprint density at radius 2 is 2.25 bits per heavy atom. The van der Waals surface area contributed by atoms with Crippen molar-refractivity contribution in [1.29, 1.82) is 0 Å². The molecule has 2 fully saturated rings. The Bertz CT molecular complexity index is 274. The Labute approximate surface area is 98.7 Å². The van der Waals surface area contributed by atoms with Crippen LogP contribution in [0.2, 0.25) is 0 Å². The molecule has 1 saturated heterocycles. The van der Waals surface area contributed by atoms with E-state index in [1.807, 2.05) is 6.92 Å². The van der Waals surface area contributed by atoms with Gasteiger partial charge in [-0.2, -0.15) is 0 Å². The van der Waals surface area contributed by atoms with Gasteiger partial charge in [0.25, 0.3) is 0 Å². The quantitative estimate of drug-likeness (QED) is 0.685. The monoisotopic (exact) mass is 224 g/mol. The zero-order valence-electron chi connectivity index (χ0n) is 10.8. The molecule has 4 atom stereocenters. The van der Waals surface area contributed by atoms with Gasteiger partial charge in [0.15, 0.2) is 0 Å². The lowest BCUT2D eigenvalue weighted by molar-refractivity contribution is -0.145. The molecule has 92 valence electrons. The lowest BCUT2D eigenvalue weighted by Gasteiger charge is -2.39. The fourth-order valence-electron chi connectivity index (χ4n) is 3.40. The predicted molar refractivity (Wildman–Crippen MR) is 64.0 cm³/mol. The Morgan fingerprint density at radius 3 is 2.94 bits per heavy atom. The van der Waals surface area contributed by atoms with Gasteiger partial charge in [0.1, 0.15) is 6.10 Å². The maximum absolute atomic E-state index is 11.5. The summed E-state index contributed by atoms with van der Waals surface area (Å²) in [5, 5.41) is 0. The topological polar surface area (TPSA) is 26.3 Å². The van der Waals surface area contributed by atoms with Crippen molar-refractivity contribution in [3.05, 3.63) is 0 Å². The molecule has 1 aliphatic carbocycles. The van der Waals surface area contributed by atoms with E-state index in [9.17, 15) is 4.79 Å². The second-order valence-electron chi connectivity index (χ2n) is 6.08. The molecule has 1 saturated carbocycles. The molecule has 0 bridgehead atoms. The molecule has 2 aliphatic rings. The van der Waals surface area contributed by atoms with E-state index in [-0.39, 0.29) is 18.0 Å². The number of rotatable bonds is 3. The minimum absolute atomic E-state index is 0.0368. The Kier molecular flexibility index (Phi) is 3.27. The van der Waals surface area contributed by atoms with Gasteiger partial charge in [0.2, 0.25) is 0 Å². The largest absolute Gasteiger partial charge is 0.462 e. The van der Waals surface area contributed by atoms with Crippen LogP contribution in [0.25, 0.3) is 0 Å². The van der Waals surface area contributed by atoms with Gasteiger partial charge in [-0.1, -0.05) is 33.6 Å². The van der Waals surface area contributed by atoms with E-state index in [1.54, 1.807) is 0 Å². The maximum Gasteiger partial charge on any atom is 0.309 e. The number of fused-ring (bicyclic) bond motifs is 1. The lowest BCUT2D eigenvalue weighted by atomic mass is 9.66. The molecule has 2 heteroatoms. The highest BCUT2D eigenvalue weighted by atomic mass is 16.6. The first kappa shape index (κ1) is 11.9. The molecule has 2 rings (SSSR count). The Morgan fingerprint density at radius 1 is 1.50 bits per heavy atom. The zero-order chi connectivity index (χ0) is 11.8. The van der Waals surface area contributed by atoms with Crippen molar-refractivity contribution in [3.63, 3.8) is 0 Å². The molecule has 0 aromatic rings. The second-order valence-corrected chi connectivity index (χ2v) is 6.08. The van der Waals surface area contributed by atoms with Crippen LogP contribution in [0, 0.1) is 17.3 Å². The van der Waals surface area contributed by atoms with Crippen molar-refractivity contribution in [2.75, 3.05) is 0 Å². The average molecular weight is 224 g/mol. The number of carbonyl (C=O) groups excluding carboxylic acids is 1. The first-order valence-corrected chi connectivity index (χ1v) is 6.76. The molecular formula is C14H24O2. The number of hydrogen-bond donors (Lipinski definition) is 0. The van der Waals surface area contributed by atoms with Gasteiger partial charge in [0.05, 0.1) is 5.92 Å². The molecule has 0 radical (unpaired) electrons. The first-order valence-electron chi connectivity index (χ1n) is 6.76. The van der Waals surface area contributed by atoms with Crippen molar-refractivity contribution >= 4 is 5.97 Å². The Hall–Kier alpha value is -0.530. The normalized spacial score (nSPS) is 42.9. The third kappa shape index (κ3) is 2.11. The summed E-state index contributed by atoms with van der Waals surface area (Å²) >= 11 is 0. The fraction of sp³-hybridized carbons (Fsp3) is 0.929. The molecule has 1 aliphatic heterocycles. The number of ether oxygens (including phenoxy) is 1. The van der Waals surface area contributed by atoms with E-state index in [4.69, 9.17) is 4.74 Å². The van der Waals surface area contributed by atoms with Crippen LogP contribution < -0.4 is 0 Å². The van der Waals surface area contributed by atoms with Crippen molar-refractivity contribution in [2.24, 2.45) is 17.3 Å². The molecule has 2 nitrogen and oxygen atoms in total. The van der Waals surface area contributed by atoms with Crippen LogP contribution in [0.3, 0.4) is 0 Å². The molecule has 0 spiro atoms. The predicted octanol–water partition coefficient (Wildman–Crippen LogP) is 3.54. The van der Waals surface area contributed by atoms with Gasteiger partial charge >= 0.3 is 5.97 Å². The zero-order valence-corrected chi connectivity index (χ0v) is 10.8. The van der Waals surface area contributed by atoms with Crippen LogP contribution in [0.1, 0.15) is 59.3 Å². The van der Waals surface area contributed by atoms with Crippen molar-refractivity contribution < 1.29 is 9.53 Å². The number of carbonyl (C=O) groups is 1. The van der Waals surface area contributed by atoms with Gasteiger partial charge in [0, 0.05) is 5.92 Å². The number of hydrogen-bond acceptors (Lipinski definition) is 2. The minimum Gasteiger partial charge on any atom is -0.462 e. The van der Waals surface area contributed by atoms with E-state index >= 15 is 0 Å². The third-order valence-electron chi connectivity index (χ3n) is 4.67. The molecule has 0 unspecified atom stereocenters. The number of unbranched alkanes of at least 4 members (excludes halogenated alkanes) is 1. The molecule has 0 aromatic carbocycles. The highest BCUT2D eigenvalue weighted by Crippen LogP contribution is 2.48. The maximum atomic E-state index is 11.5. The highest BCUT2D eigenvalue weighted by molar-refractivity contribution is 5.74. The van der Waals surface area contributed by atoms with E-state index in [0.717, 1.165) is 6.42 Å². The molecule has 1 heterocycles. The molecule has 0 amide bonds. The van der Waals surface area contributed by atoms with Crippen molar-refractivity contribution in [2.45, 2.75) is 65.4 Å². The SMILES string of the molecule is CCCC[C@@]1(C)CC[C@H]2[C@H](C1)OC(=O)[C@@H]2C. The molecule has 16 heavy (non-hydrogen) atoms. The van der Waals surface area contributed by atoms with E-state index in [2.05, 4.69) is 13.8 Å². The van der Waals surface area contributed by atoms with Gasteiger partial charge in [-0.25, -0.2) is 0 Å². The van der Waals surface area contributed by atoms with E-state index in [1.165, 1.54) is 32.1 Å². The molecule has 0 aromatic heterocycles. The van der Waals surface area contributed by atoms with Crippen LogP contribution in [0.4, 0.5) is 0 Å². The number of esters is 1. The van der Waals surface area contributed by atoms with E-state index < -0.39 is 0 Å². The summed E-state index contributed by atoms with van der Waals surface area (Å²) < 4.78 is 5.51. The van der Waals surface area contributed by atoms with Crippen LogP contribution in [0.5, 0.6) is 0 Å². The Balaban J connectivity index is 1.98. The van der Waals surface area contributed by atoms with Gasteiger partial charge < -0.3 is 4.74 Å². The van der Waals surface area contributed by atoms with Gasteiger partial charge in [-0.05, 0) is 31.1 Å². The molecule has 0 N–H and O–H groups in total. The first-order chi connectivity index (χ1) is 7.56. The van der Waals surface area contributed by atoms with Gasteiger partial charge in [-0.15, -0.1) is 0 Å². The summed E-state index contributed by atoms with van der Waals surface area (Å²) in [5.74, 6) is 0.678. The van der Waals surface area contributed by atoms with Crippen LogP contribution in [-0.2, 0) is 9.53 Å². The summed E-state index contributed by atoms with van der Waals surface area (Å²) in [6.45, 7) is 6.64. The fourth-order valence-corrected chi connectivity index (χ4v) is 3.40. The van der Waals surface area contributed by atoms with Crippen LogP contribution in [0.15, 0.2) is 0 Å². The van der Waals surface area contributed by atoms with Crippen LogP contribution >= 0.6 is 0 Å². The summed E-state index contributed by atoms with van der Waals surface area (Å²) in [4.78, 5) is 11.5. The minimum atomic E-state index is 0.0368. The van der Waals surface area contributed by atoms with Crippen molar-refractivity contribution in [1.82, 2.24) is 0 Å². The summed E-state index contributed by atoms with van der Waals surface area (Å²) in [6.07, 6.45) is 7.62. The summed E-state index contributed by atoms with van der Waals surface area (Å²) in [7, 11) is 0. The van der Waals surface area contributed by atoms with Gasteiger partial charge in [-0.3, -0.25) is 4.79 Å². The van der Waals surface area contributed by atoms with Crippen molar-refractivity contribution in [3.8, 4) is 0 Å². The third-order valence-corrected chi connectivity index (χ3v) is 4.67. The van der Waals surface area contributed by atoms with Crippen LogP contribution in [-0.4, -0.2) is 12.1 Å². The smallest absolute Gasteiger partial charge is 0.309 e. The standard InChI is InChI=1S/C14H24O2/c1-4-5-7-14(3)8-6-11-10(2)13(15)16-12(11)9-14/h10-12H,4-9H2,1-3H3/t10-,11-,12+,14+/m1/s1.